The Balaban J connectivity index is 2.69. The van der Waals surface area contributed by atoms with Gasteiger partial charge in [0.15, 0.2) is 5.12 Å². The Morgan fingerprint density at radius 2 is 2.16 bits per heavy atom. The van der Waals surface area contributed by atoms with Gasteiger partial charge >= 0.3 is 6.36 Å². The summed E-state index contributed by atoms with van der Waals surface area (Å²) in [6.07, 6.45) is -1.37. The number of carbonyl (C=O) groups is 1. The predicted molar refractivity (Wildman–Crippen MR) is 70.3 cm³/mol. The molecule has 1 aromatic carbocycles. The van der Waals surface area contributed by atoms with Gasteiger partial charge < -0.3 is 4.74 Å². The number of benzene rings is 1. The maximum atomic E-state index is 12.0. The molecule has 2 nitrogen and oxygen atoms in total. The Morgan fingerprint density at radius 3 is 2.68 bits per heavy atom. The van der Waals surface area contributed by atoms with Crippen molar-refractivity contribution in [1.82, 2.24) is 0 Å². The summed E-state index contributed by atoms with van der Waals surface area (Å²) in [5.74, 6) is 0.0535. The van der Waals surface area contributed by atoms with Crippen LogP contribution in [0.5, 0.6) is 5.75 Å². The number of ether oxygens (including phenoxy) is 1. The van der Waals surface area contributed by atoms with Crippen LogP contribution in [0.4, 0.5) is 13.2 Å². The molecule has 0 aliphatic rings. The maximum absolute atomic E-state index is 12.0. The highest BCUT2D eigenvalue weighted by Gasteiger charge is 2.31. The lowest BCUT2D eigenvalue weighted by atomic mass is 10.2. The van der Waals surface area contributed by atoms with Crippen molar-refractivity contribution in [2.45, 2.75) is 13.3 Å². The van der Waals surface area contributed by atoms with Crippen LogP contribution in [-0.4, -0.2) is 17.2 Å². The minimum absolute atomic E-state index is 0.00314. The number of carbonyl (C=O) groups excluding carboxylic acids is 1. The summed E-state index contributed by atoms with van der Waals surface area (Å²) in [5.41, 5.74) is 0.628. The number of halogens is 4. The molecule has 0 heterocycles. The molecule has 0 amide bonds. The first-order valence-electron chi connectivity index (χ1n) is 5.13. The van der Waals surface area contributed by atoms with Crippen molar-refractivity contribution >= 4 is 34.6 Å². The standard InChI is InChI=1S/C12H10ClF3O2S/c1-8(17)19-6-2-3-9-4-5-11(10(13)7-9)18-12(14,15)16/h2-5,7H,6H2,1H3. The number of hydrogen-bond donors (Lipinski definition) is 0. The van der Waals surface area contributed by atoms with Gasteiger partial charge in [0.2, 0.25) is 0 Å². The monoisotopic (exact) mass is 310 g/mol. The SMILES string of the molecule is CC(=O)SCC=Cc1ccc(OC(F)(F)F)c(Cl)c1. The molecule has 0 N–H and O–H groups in total. The van der Waals surface area contributed by atoms with Crippen molar-refractivity contribution in [3.63, 3.8) is 0 Å². The zero-order chi connectivity index (χ0) is 14.5. The van der Waals surface area contributed by atoms with Crippen LogP contribution in [0.15, 0.2) is 24.3 Å². The van der Waals surface area contributed by atoms with Gasteiger partial charge in [-0.25, -0.2) is 0 Å². The molecule has 19 heavy (non-hydrogen) atoms. The van der Waals surface area contributed by atoms with Crippen molar-refractivity contribution in [2.24, 2.45) is 0 Å². The third kappa shape index (κ3) is 6.54. The van der Waals surface area contributed by atoms with E-state index in [1.165, 1.54) is 19.1 Å². The topological polar surface area (TPSA) is 26.3 Å². The molecule has 7 heteroatoms. The van der Waals surface area contributed by atoms with Gasteiger partial charge in [-0.3, -0.25) is 4.79 Å². The molecule has 1 aromatic rings. The number of thioether (sulfide) groups is 1. The first-order valence-corrected chi connectivity index (χ1v) is 6.49. The molecular formula is C12H10ClF3O2S. The van der Waals surface area contributed by atoms with Crippen LogP contribution in [-0.2, 0) is 4.79 Å². The van der Waals surface area contributed by atoms with Crippen LogP contribution in [0.3, 0.4) is 0 Å². The van der Waals surface area contributed by atoms with E-state index in [1.54, 1.807) is 12.2 Å². The van der Waals surface area contributed by atoms with Crippen molar-refractivity contribution in [3.05, 3.63) is 34.9 Å². The van der Waals surface area contributed by atoms with Crippen molar-refractivity contribution < 1.29 is 22.7 Å². The number of alkyl halides is 3. The second-order valence-electron chi connectivity index (χ2n) is 3.44. The van der Waals surface area contributed by atoms with Crippen LogP contribution in [0.1, 0.15) is 12.5 Å². The van der Waals surface area contributed by atoms with Gasteiger partial charge in [0.1, 0.15) is 5.75 Å². The lowest BCUT2D eigenvalue weighted by Crippen LogP contribution is -2.17. The van der Waals surface area contributed by atoms with Crippen molar-refractivity contribution in [2.75, 3.05) is 5.75 Å². The first kappa shape index (κ1) is 15.9. The minimum atomic E-state index is -4.76. The highest BCUT2D eigenvalue weighted by atomic mass is 35.5. The zero-order valence-electron chi connectivity index (χ0n) is 9.83. The maximum Gasteiger partial charge on any atom is 0.573 e. The molecule has 104 valence electrons. The fraction of sp³-hybridized carbons (Fsp3) is 0.250. The highest BCUT2D eigenvalue weighted by Crippen LogP contribution is 2.31. The Labute approximate surface area is 117 Å². The molecule has 0 spiro atoms. The summed E-state index contributed by atoms with van der Waals surface area (Å²) in [6.45, 7) is 1.46. The molecule has 0 aliphatic heterocycles. The van der Waals surface area contributed by atoms with Gasteiger partial charge in [0.25, 0.3) is 0 Å². The Kier molecular flexibility index (Phi) is 5.75. The van der Waals surface area contributed by atoms with Gasteiger partial charge in [0.05, 0.1) is 5.02 Å². The molecule has 0 unspecified atom stereocenters. The largest absolute Gasteiger partial charge is 0.573 e. The molecule has 0 bridgehead atoms. The molecule has 0 saturated carbocycles. The van der Waals surface area contributed by atoms with Crippen LogP contribution < -0.4 is 4.74 Å². The number of rotatable bonds is 4. The molecule has 0 aromatic heterocycles. The molecular weight excluding hydrogens is 301 g/mol. The molecule has 0 atom stereocenters. The lowest BCUT2D eigenvalue weighted by Gasteiger charge is -2.10. The van der Waals surface area contributed by atoms with Crippen molar-refractivity contribution in [3.8, 4) is 5.75 Å². The van der Waals surface area contributed by atoms with Gasteiger partial charge in [-0.15, -0.1) is 13.2 Å². The Hall–Kier alpha value is -1.14. The van der Waals surface area contributed by atoms with Crippen LogP contribution >= 0.6 is 23.4 Å². The van der Waals surface area contributed by atoms with E-state index in [0.717, 1.165) is 17.8 Å². The Morgan fingerprint density at radius 1 is 1.47 bits per heavy atom. The summed E-state index contributed by atoms with van der Waals surface area (Å²) >= 11 is 6.81. The highest BCUT2D eigenvalue weighted by molar-refractivity contribution is 8.13. The lowest BCUT2D eigenvalue weighted by molar-refractivity contribution is -0.274. The van der Waals surface area contributed by atoms with Gasteiger partial charge in [-0.05, 0) is 17.7 Å². The second kappa shape index (κ2) is 6.86. The molecule has 0 saturated heterocycles. The first-order chi connectivity index (χ1) is 8.78. The fourth-order valence-electron chi connectivity index (χ4n) is 1.18. The van der Waals surface area contributed by atoms with Crippen LogP contribution in [0.2, 0.25) is 5.02 Å². The minimum Gasteiger partial charge on any atom is -0.404 e. The quantitative estimate of drug-likeness (QED) is 0.817. The Bertz CT molecular complexity index is 486. The van der Waals surface area contributed by atoms with E-state index in [1.807, 2.05) is 0 Å². The average Bonchev–Trinajstić information content (AvgIpc) is 2.26. The number of hydrogen-bond acceptors (Lipinski definition) is 3. The van der Waals surface area contributed by atoms with Crippen molar-refractivity contribution in [1.29, 1.82) is 0 Å². The van der Waals surface area contributed by atoms with E-state index >= 15 is 0 Å². The van der Waals surface area contributed by atoms with Gasteiger partial charge in [0, 0.05) is 12.7 Å². The van der Waals surface area contributed by atoms with Crippen LogP contribution in [0, 0.1) is 0 Å². The smallest absolute Gasteiger partial charge is 0.404 e. The third-order valence-electron chi connectivity index (χ3n) is 1.87. The average molecular weight is 311 g/mol. The summed E-state index contributed by atoms with van der Waals surface area (Å²) in [5, 5.41) is -0.129. The fourth-order valence-corrected chi connectivity index (χ4v) is 1.83. The van der Waals surface area contributed by atoms with Gasteiger partial charge in [-0.1, -0.05) is 41.6 Å². The summed E-state index contributed by atoms with van der Waals surface area (Å²) in [7, 11) is 0. The normalized spacial score (nSPS) is 11.8. The van der Waals surface area contributed by atoms with E-state index < -0.39 is 12.1 Å². The van der Waals surface area contributed by atoms with Gasteiger partial charge in [-0.2, -0.15) is 0 Å². The molecule has 1 rings (SSSR count). The van der Waals surface area contributed by atoms with E-state index in [9.17, 15) is 18.0 Å². The van der Waals surface area contributed by atoms with E-state index in [2.05, 4.69) is 4.74 Å². The zero-order valence-corrected chi connectivity index (χ0v) is 11.4. The van der Waals surface area contributed by atoms with E-state index in [4.69, 9.17) is 11.6 Å². The summed E-state index contributed by atoms with van der Waals surface area (Å²) < 4.78 is 39.8. The van der Waals surface area contributed by atoms with E-state index in [-0.39, 0.29) is 10.1 Å². The summed E-state index contributed by atoms with van der Waals surface area (Å²) in [6, 6.07) is 3.95. The van der Waals surface area contributed by atoms with Crippen LogP contribution in [0.25, 0.3) is 6.08 Å². The van der Waals surface area contributed by atoms with E-state index in [0.29, 0.717) is 11.3 Å². The second-order valence-corrected chi connectivity index (χ2v) is 5.05. The molecule has 0 aliphatic carbocycles. The molecule has 0 radical (unpaired) electrons. The third-order valence-corrected chi connectivity index (χ3v) is 2.94. The predicted octanol–water partition coefficient (Wildman–Crippen LogP) is 4.53. The molecule has 0 fully saturated rings. The summed E-state index contributed by atoms with van der Waals surface area (Å²) in [4.78, 5) is 10.7.